The van der Waals surface area contributed by atoms with E-state index in [4.69, 9.17) is 0 Å². The van der Waals surface area contributed by atoms with Gasteiger partial charge in [-0.25, -0.2) is 4.79 Å². The van der Waals surface area contributed by atoms with E-state index in [2.05, 4.69) is 58.3 Å². The SMILES string of the molecule is CCC(CC)NC(=O)N1CC=C(C2=CCc3ncc(Br)cc32)CC1. The smallest absolute Gasteiger partial charge is 0.317 e. The molecule has 1 aromatic heterocycles. The van der Waals surface area contributed by atoms with Gasteiger partial charge in [0.25, 0.3) is 0 Å². The highest BCUT2D eigenvalue weighted by molar-refractivity contribution is 9.10. The minimum atomic E-state index is 0.0595. The molecule has 0 radical (unpaired) electrons. The number of nitrogens with zero attached hydrogens (tertiary/aromatic N) is 2. The standard InChI is InChI=1S/C19H24BrN3O/c1-3-15(4-2)22-19(24)23-9-7-13(8-10-23)16-5-6-18-17(16)11-14(20)12-21-18/h5,7,11-12,15H,3-4,6,8-10H2,1-2H3,(H,22,24). The van der Waals surface area contributed by atoms with Gasteiger partial charge in [-0.05, 0) is 52.4 Å². The van der Waals surface area contributed by atoms with Crippen LogP contribution < -0.4 is 5.32 Å². The highest BCUT2D eigenvalue weighted by atomic mass is 79.9. The van der Waals surface area contributed by atoms with Crippen molar-refractivity contribution in [2.24, 2.45) is 0 Å². The van der Waals surface area contributed by atoms with Crippen molar-refractivity contribution in [3.8, 4) is 0 Å². The van der Waals surface area contributed by atoms with Crippen LogP contribution in [0.1, 0.15) is 44.4 Å². The number of aromatic nitrogens is 1. The Labute approximate surface area is 152 Å². The Morgan fingerprint density at radius 2 is 2.17 bits per heavy atom. The van der Waals surface area contributed by atoms with Crippen molar-refractivity contribution < 1.29 is 4.79 Å². The van der Waals surface area contributed by atoms with E-state index in [9.17, 15) is 4.79 Å². The zero-order chi connectivity index (χ0) is 17.1. The normalized spacial score (nSPS) is 16.8. The van der Waals surface area contributed by atoms with Gasteiger partial charge in [0.05, 0.1) is 5.69 Å². The minimum absolute atomic E-state index is 0.0595. The van der Waals surface area contributed by atoms with E-state index in [0.29, 0.717) is 6.54 Å². The van der Waals surface area contributed by atoms with Gasteiger partial charge in [-0.1, -0.05) is 26.0 Å². The van der Waals surface area contributed by atoms with Crippen molar-refractivity contribution in [2.45, 2.75) is 45.6 Å². The van der Waals surface area contributed by atoms with Gasteiger partial charge in [0.15, 0.2) is 0 Å². The van der Waals surface area contributed by atoms with E-state index in [0.717, 1.165) is 42.4 Å². The molecule has 0 spiro atoms. The van der Waals surface area contributed by atoms with Crippen LogP contribution in [-0.4, -0.2) is 35.0 Å². The summed E-state index contributed by atoms with van der Waals surface area (Å²) in [5.74, 6) is 0. The molecule has 1 aliphatic carbocycles. The average molecular weight is 390 g/mol. The molecule has 1 aliphatic heterocycles. The molecule has 2 amide bonds. The molecule has 3 rings (SSSR count). The molecule has 0 bridgehead atoms. The predicted molar refractivity (Wildman–Crippen MR) is 101 cm³/mol. The van der Waals surface area contributed by atoms with Gasteiger partial charge in [0.1, 0.15) is 0 Å². The van der Waals surface area contributed by atoms with Gasteiger partial charge in [-0.2, -0.15) is 0 Å². The van der Waals surface area contributed by atoms with Crippen molar-refractivity contribution in [3.63, 3.8) is 0 Å². The fourth-order valence-electron chi connectivity index (χ4n) is 3.33. The monoisotopic (exact) mass is 389 g/mol. The number of urea groups is 1. The zero-order valence-electron chi connectivity index (χ0n) is 14.3. The summed E-state index contributed by atoms with van der Waals surface area (Å²) in [4.78, 5) is 18.8. The highest BCUT2D eigenvalue weighted by Crippen LogP contribution is 2.35. The number of rotatable bonds is 4. The molecule has 4 nitrogen and oxygen atoms in total. The van der Waals surface area contributed by atoms with Gasteiger partial charge in [0.2, 0.25) is 0 Å². The maximum atomic E-state index is 12.4. The molecule has 0 unspecified atom stereocenters. The third kappa shape index (κ3) is 3.56. The minimum Gasteiger partial charge on any atom is -0.335 e. The quantitative estimate of drug-likeness (QED) is 0.833. The predicted octanol–water partition coefficient (Wildman–Crippen LogP) is 4.31. The third-order valence-corrected chi connectivity index (χ3v) is 5.32. The van der Waals surface area contributed by atoms with Crippen molar-refractivity contribution in [1.82, 2.24) is 15.2 Å². The molecule has 1 aromatic rings. The van der Waals surface area contributed by atoms with Crippen LogP contribution in [0.2, 0.25) is 0 Å². The molecule has 0 aromatic carbocycles. The topological polar surface area (TPSA) is 45.2 Å². The van der Waals surface area contributed by atoms with Gasteiger partial charge in [0, 0.05) is 41.8 Å². The summed E-state index contributed by atoms with van der Waals surface area (Å²) in [6.45, 7) is 5.67. The van der Waals surface area contributed by atoms with Crippen LogP contribution in [-0.2, 0) is 6.42 Å². The van der Waals surface area contributed by atoms with Crippen LogP contribution in [0.5, 0.6) is 0 Å². The second-order valence-corrected chi connectivity index (χ2v) is 7.27. The molecular formula is C19H24BrN3O. The fourth-order valence-corrected chi connectivity index (χ4v) is 3.66. The van der Waals surface area contributed by atoms with Gasteiger partial charge in [-0.15, -0.1) is 0 Å². The molecule has 128 valence electrons. The number of hydrogen-bond acceptors (Lipinski definition) is 2. The number of nitrogens with one attached hydrogen (secondary N) is 1. The number of allylic oxidation sites excluding steroid dienone is 2. The highest BCUT2D eigenvalue weighted by Gasteiger charge is 2.24. The maximum absolute atomic E-state index is 12.4. The number of halogens is 1. The average Bonchev–Trinajstić information content (AvgIpc) is 3.02. The fraction of sp³-hybridized carbons (Fsp3) is 0.474. The first-order chi connectivity index (χ1) is 11.6. The summed E-state index contributed by atoms with van der Waals surface area (Å²) in [5, 5.41) is 3.12. The first kappa shape index (κ1) is 17.2. The van der Waals surface area contributed by atoms with Crippen molar-refractivity contribution in [3.05, 3.63) is 45.7 Å². The molecule has 2 aliphatic rings. The van der Waals surface area contributed by atoms with E-state index in [1.807, 2.05) is 11.1 Å². The van der Waals surface area contributed by atoms with Crippen LogP contribution >= 0.6 is 15.9 Å². The van der Waals surface area contributed by atoms with Crippen molar-refractivity contribution in [1.29, 1.82) is 0 Å². The van der Waals surface area contributed by atoms with Gasteiger partial charge < -0.3 is 10.2 Å². The van der Waals surface area contributed by atoms with E-state index in [1.54, 1.807) is 0 Å². The van der Waals surface area contributed by atoms with E-state index >= 15 is 0 Å². The first-order valence-electron chi connectivity index (χ1n) is 8.72. The number of hydrogen-bond donors (Lipinski definition) is 1. The molecule has 0 saturated heterocycles. The maximum Gasteiger partial charge on any atom is 0.317 e. The van der Waals surface area contributed by atoms with Crippen LogP contribution in [0.4, 0.5) is 4.79 Å². The molecule has 1 N–H and O–H groups in total. The number of pyridine rings is 1. The first-order valence-corrected chi connectivity index (χ1v) is 9.51. The molecular weight excluding hydrogens is 366 g/mol. The Kier molecular flexibility index (Phi) is 5.39. The lowest BCUT2D eigenvalue weighted by molar-refractivity contribution is 0.197. The summed E-state index contributed by atoms with van der Waals surface area (Å²) in [6.07, 6.45) is 10.1. The Morgan fingerprint density at radius 3 is 2.83 bits per heavy atom. The summed E-state index contributed by atoms with van der Waals surface area (Å²) >= 11 is 3.51. The second kappa shape index (κ2) is 7.51. The summed E-state index contributed by atoms with van der Waals surface area (Å²) in [7, 11) is 0. The third-order valence-electron chi connectivity index (χ3n) is 4.88. The lowest BCUT2D eigenvalue weighted by atomic mass is 9.96. The van der Waals surface area contributed by atoms with Crippen molar-refractivity contribution in [2.75, 3.05) is 13.1 Å². The van der Waals surface area contributed by atoms with Crippen LogP contribution in [0.25, 0.3) is 5.57 Å². The number of fused-ring (bicyclic) bond motifs is 1. The van der Waals surface area contributed by atoms with Crippen molar-refractivity contribution >= 4 is 27.5 Å². The lowest BCUT2D eigenvalue weighted by Gasteiger charge is -2.29. The number of carbonyl (C=O) groups is 1. The molecule has 24 heavy (non-hydrogen) atoms. The van der Waals surface area contributed by atoms with E-state index < -0.39 is 0 Å². The number of carbonyl (C=O) groups excluding carboxylic acids is 1. The molecule has 0 atom stereocenters. The zero-order valence-corrected chi connectivity index (χ0v) is 15.9. The lowest BCUT2D eigenvalue weighted by Crippen LogP contribution is -2.46. The summed E-state index contributed by atoms with van der Waals surface area (Å²) in [5.41, 5.74) is 4.99. The second-order valence-electron chi connectivity index (χ2n) is 6.36. The van der Waals surface area contributed by atoms with Gasteiger partial charge >= 0.3 is 6.03 Å². The summed E-state index contributed by atoms with van der Waals surface area (Å²) in [6, 6.07) is 2.48. The number of amides is 2. The van der Waals surface area contributed by atoms with Crippen LogP contribution in [0, 0.1) is 0 Å². The summed E-state index contributed by atoms with van der Waals surface area (Å²) < 4.78 is 1.01. The Hall–Kier alpha value is -1.62. The van der Waals surface area contributed by atoms with Gasteiger partial charge in [-0.3, -0.25) is 4.98 Å². The molecule has 5 heteroatoms. The van der Waals surface area contributed by atoms with Crippen LogP contribution in [0.3, 0.4) is 0 Å². The van der Waals surface area contributed by atoms with E-state index in [-0.39, 0.29) is 12.1 Å². The Balaban J connectivity index is 1.67. The molecule has 0 fully saturated rings. The molecule has 0 saturated carbocycles. The Morgan fingerprint density at radius 1 is 1.38 bits per heavy atom. The van der Waals surface area contributed by atoms with E-state index in [1.165, 1.54) is 16.7 Å². The van der Waals surface area contributed by atoms with Crippen LogP contribution in [0.15, 0.2) is 34.5 Å². The molecule has 2 heterocycles. The Bertz CT molecular complexity index is 692. The largest absolute Gasteiger partial charge is 0.335 e.